The molecule has 2 heterocycles. The largest absolute Gasteiger partial charge is 0.387 e. The maximum absolute atomic E-state index is 14.0. The Hall–Kier alpha value is -2.16. The van der Waals surface area contributed by atoms with Crippen molar-refractivity contribution in [1.29, 1.82) is 0 Å². The van der Waals surface area contributed by atoms with Crippen molar-refractivity contribution in [3.8, 4) is 0 Å². The van der Waals surface area contributed by atoms with Crippen molar-refractivity contribution in [3.63, 3.8) is 0 Å². The van der Waals surface area contributed by atoms with Crippen LogP contribution in [0.15, 0.2) is 42.5 Å². The van der Waals surface area contributed by atoms with Gasteiger partial charge in [-0.05, 0) is 42.2 Å². The molecule has 1 saturated heterocycles. The van der Waals surface area contributed by atoms with Gasteiger partial charge in [-0.2, -0.15) is 0 Å². The van der Waals surface area contributed by atoms with Crippen molar-refractivity contribution >= 4 is 21.4 Å². The highest BCUT2D eigenvalue weighted by Gasteiger charge is 2.26. The molecule has 2 aliphatic heterocycles. The Morgan fingerprint density at radius 3 is 2.47 bits per heavy atom. The lowest BCUT2D eigenvalue weighted by molar-refractivity contribution is 0.109. The molecule has 0 amide bonds. The zero-order valence-electron chi connectivity index (χ0n) is 17.2. The normalized spacial score (nSPS) is 18.9. The number of aliphatic hydroxyl groups excluding tert-OH is 1. The summed E-state index contributed by atoms with van der Waals surface area (Å²) >= 11 is 0. The number of nitrogens with zero attached hydrogens (tertiary/aromatic N) is 3. The first-order valence-corrected chi connectivity index (χ1v) is 12.2. The van der Waals surface area contributed by atoms with E-state index in [2.05, 4.69) is 4.90 Å². The van der Waals surface area contributed by atoms with Crippen molar-refractivity contribution < 1.29 is 17.9 Å². The SMILES string of the molecule is CS(=O)(=O)N1CCCc2cc([C@H](O)CN3CCN(c4ccccc4F)CC3)ccc21. The maximum atomic E-state index is 14.0. The van der Waals surface area contributed by atoms with E-state index >= 15 is 0 Å². The molecule has 4 rings (SSSR count). The van der Waals surface area contributed by atoms with Crippen LogP contribution in [0.4, 0.5) is 15.8 Å². The molecule has 162 valence electrons. The average molecular weight is 434 g/mol. The third-order valence-electron chi connectivity index (χ3n) is 5.96. The number of anilines is 2. The van der Waals surface area contributed by atoms with Crippen molar-refractivity contribution in [2.75, 3.05) is 54.7 Å². The summed E-state index contributed by atoms with van der Waals surface area (Å²) in [6, 6.07) is 12.4. The second kappa shape index (κ2) is 8.53. The van der Waals surface area contributed by atoms with Gasteiger partial charge in [-0.1, -0.05) is 24.3 Å². The van der Waals surface area contributed by atoms with E-state index in [1.54, 1.807) is 12.1 Å². The molecule has 0 unspecified atom stereocenters. The van der Waals surface area contributed by atoms with Crippen LogP contribution in [0, 0.1) is 5.82 Å². The zero-order chi connectivity index (χ0) is 21.3. The van der Waals surface area contributed by atoms with Gasteiger partial charge in [-0.25, -0.2) is 12.8 Å². The molecule has 1 fully saturated rings. The number of para-hydroxylation sites is 1. The van der Waals surface area contributed by atoms with E-state index in [0.717, 1.165) is 42.7 Å². The Balaban J connectivity index is 1.39. The summed E-state index contributed by atoms with van der Waals surface area (Å²) in [5.41, 5.74) is 3.12. The van der Waals surface area contributed by atoms with Gasteiger partial charge in [0, 0.05) is 39.3 Å². The lowest BCUT2D eigenvalue weighted by atomic mass is 9.98. The first-order valence-electron chi connectivity index (χ1n) is 10.3. The van der Waals surface area contributed by atoms with E-state index in [9.17, 15) is 17.9 Å². The molecule has 0 radical (unpaired) electrons. The van der Waals surface area contributed by atoms with Crippen molar-refractivity contribution in [2.45, 2.75) is 18.9 Å². The van der Waals surface area contributed by atoms with Crippen LogP contribution in [-0.4, -0.2) is 63.9 Å². The van der Waals surface area contributed by atoms with Gasteiger partial charge in [-0.3, -0.25) is 9.21 Å². The molecule has 1 N–H and O–H groups in total. The highest BCUT2D eigenvalue weighted by molar-refractivity contribution is 7.92. The van der Waals surface area contributed by atoms with E-state index < -0.39 is 16.1 Å². The topological polar surface area (TPSA) is 64.1 Å². The highest BCUT2D eigenvalue weighted by Crippen LogP contribution is 2.31. The number of benzene rings is 2. The van der Waals surface area contributed by atoms with E-state index in [1.165, 1.54) is 16.6 Å². The van der Waals surface area contributed by atoms with Crippen LogP contribution in [-0.2, 0) is 16.4 Å². The van der Waals surface area contributed by atoms with Gasteiger partial charge in [0.15, 0.2) is 0 Å². The summed E-state index contributed by atoms with van der Waals surface area (Å²) in [4.78, 5) is 4.22. The number of sulfonamides is 1. The zero-order valence-corrected chi connectivity index (χ0v) is 18.0. The van der Waals surface area contributed by atoms with E-state index in [0.29, 0.717) is 31.9 Å². The lowest BCUT2D eigenvalue weighted by Gasteiger charge is -2.37. The molecular formula is C22H28FN3O3S. The molecule has 0 bridgehead atoms. The molecule has 0 spiro atoms. The monoisotopic (exact) mass is 433 g/mol. The lowest BCUT2D eigenvalue weighted by Crippen LogP contribution is -2.47. The predicted molar refractivity (Wildman–Crippen MR) is 117 cm³/mol. The first kappa shape index (κ1) is 21.1. The molecule has 8 heteroatoms. The van der Waals surface area contributed by atoms with Crippen molar-refractivity contribution in [3.05, 3.63) is 59.4 Å². The summed E-state index contributed by atoms with van der Waals surface area (Å²) in [5, 5.41) is 10.8. The minimum absolute atomic E-state index is 0.205. The minimum atomic E-state index is -3.30. The molecule has 2 aliphatic rings. The number of fused-ring (bicyclic) bond motifs is 1. The molecular weight excluding hydrogens is 405 g/mol. The average Bonchev–Trinajstić information content (AvgIpc) is 2.73. The Morgan fingerprint density at radius 2 is 1.77 bits per heavy atom. The summed E-state index contributed by atoms with van der Waals surface area (Å²) in [6.45, 7) is 3.92. The summed E-state index contributed by atoms with van der Waals surface area (Å²) in [6.07, 6.45) is 2.16. The van der Waals surface area contributed by atoms with Crippen LogP contribution in [0.1, 0.15) is 23.7 Å². The number of hydrogen-bond donors (Lipinski definition) is 1. The van der Waals surface area contributed by atoms with Gasteiger partial charge in [-0.15, -0.1) is 0 Å². The van der Waals surface area contributed by atoms with Gasteiger partial charge in [0.05, 0.1) is 23.7 Å². The number of halogens is 1. The van der Waals surface area contributed by atoms with E-state index in [4.69, 9.17) is 0 Å². The summed E-state index contributed by atoms with van der Waals surface area (Å²) < 4.78 is 39.5. The third-order valence-corrected chi connectivity index (χ3v) is 7.14. The Kier molecular flexibility index (Phi) is 5.99. The van der Waals surface area contributed by atoms with Crippen LogP contribution in [0.5, 0.6) is 0 Å². The Morgan fingerprint density at radius 1 is 1.03 bits per heavy atom. The summed E-state index contributed by atoms with van der Waals surface area (Å²) in [5.74, 6) is -0.205. The van der Waals surface area contributed by atoms with Gasteiger partial charge in [0.1, 0.15) is 5.82 Å². The minimum Gasteiger partial charge on any atom is -0.387 e. The smallest absolute Gasteiger partial charge is 0.232 e. The van der Waals surface area contributed by atoms with Crippen LogP contribution >= 0.6 is 0 Å². The number of rotatable bonds is 5. The molecule has 2 aromatic carbocycles. The van der Waals surface area contributed by atoms with Crippen molar-refractivity contribution in [1.82, 2.24) is 4.90 Å². The first-order chi connectivity index (χ1) is 14.3. The number of aliphatic hydroxyl groups is 1. The van der Waals surface area contributed by atoms with Crippen LogP contribution in [0.3, 0.4) is 0 Å². The highest BCUT2D eigenvalue weighted by atomic mass is 32.2. The predicted octanol–water partition coefficient (Wildman–Crippen LogP) is 2.39. The number of hydrogen-bond acceptors (Lipinski definition) is 5. The molecule has 0 saturated carbocycles. The molecule has 2 aromatic rings. The fraction of sp³-hybridized carbons (Fsp3) is 0.455. The van der Waals surface area contributed by atoms with E-state index in [1.807, 2.05) is 29.2 Å². The number of aryl methyl sites for hydroxylation is 1. The quantitative estimate of drug-likeness (QED) is 0.785. The van der Waals surface area contributed by atoms with Crippen LogP contribution in [0.25, 0.3) is 0 Å². The molecule has 0 aromatic heterocycles. The van der Waals surface area contributed by atoms with E-state index in [-0.39, 0.29) is 5.82 Å². The Bertz CT molecular complexity index is 1010. The molecule has 30 heavy (non-hydrogen) atoms. The number of piperazine rings is 1. The summed E-state index contributed by atoms with van der Waals surface area (Å²) in [7, 11) is -3.30. The van der Waals surface area contributed by atoms with Crippen LogP contribution < -0.4 is 9.21 Å². The maximum Gasteiger partial charge on any atom is 0.232 e. The van der Waals surface area contributed by atoms with Gasteiger partial charge in [0.25, 0.3) is 0 Å². The molecule has 0 aliphatic carbocycles. The third kappa shape index (κ3) is 4.45. The fourth-order valence-electron chi connectivity index (χ4n) is 4.36. The van der Waals surface area contributed by atoms with Crippen molar-refractivity contribution in [2.24, 2.45) is 0 Å². The molecule has 6 nitrogen and oxygen atoms in total. The van der Waals surface area contributed by atoms with Crippen LogP contribution in [0.2, 0.25) is 0 Å². The molecule has 1 atom stereocenters. The van der Waals surface area contributed by atoms with Gasteiger partial charge in [0.2, 0.25) is 10.0 Å². The second-order valence-electron chi connectivity index (χ2n) is 8.08. The standard InChI is InChI=1S/C22H28FN3O3S/c1-30(28,29)26-10-4-5-17-15-18(8-9-20(17)26)22(27)16-24-11-13-25(14-12-24)21-7-3-2-6-19(21)23/h2-3,6-9,15,22,27H,4-5,10-14,16H2,1H3/t22-/m1/s1. The van der Waals surface area contributed by atoms with Gasteiger partial charge >= 0.3 is 0 Å². The fourth-order valence-corrected chi connectivity index (χ4v) is 5.36. The van der Waals surface area contributed by atoms with Gasteiger partial charge < -0.3 is 10.0 Å². The Labute approximate surface area is 177 Å². The number of β-amino-alcohol motifs (C(OH)–C–C–N with tert-alkyl or cyclic N) is 1. The second-order valence-corrected chi connectivity index (χ2v) is 9.99.